The lowest BCUT2D eigenvalue weighted by atomic mass is 10.0. The SMILES string of the molecule is CC(=O)N[C@@H](CCCN(O)C=O)C(=O)NC(=O)[C@H](CO)N(O)CCC[C@@H]1NC(=O)[C@@H](CCCN(O)C=O)NC1=O. The van der Waals surface area contributed by atoms with Gasteiger partial charge >= 0.3 is 0 Å². The van der Waals surface area contributed by atoms with E-state index in [4.69, 9.17) is 10.4 Å². The van der Waals surface area contributed by atoms with Gasteiger partial charge in [0, 0.05) is 26.6 Å². The van der Waals surface area contributed by atoms with Crippen molar-refractivity contribution in [3.05, 3.63) is 0 Å². The molecule has 1 aliphatic rings. The van der Waals surface area contributed by atoms with E-state index in [1.54, 1.807) is 0 Å². The molecule has 0 saturated carbocycles. The zero-order valence-corrected chi connectivity index (χ0v) is 22.0. The number of carbonyl (C=O) groups excluding carboxylic acids is 7. The molecule has 7 amide bonds. The fourth-order valence-electron chi connectivity index (χ4n) is 3.83. The molecule has 18 heteroatoms. The Bertz CT molecular complexity index is 906. The summed E-state index contributed by atoms with van der Waals surface area (Å²) >= 11 is 0. The van der Waals surface area contributed by atoms with E-state index in [-0.39, 0.29) is 71.0 Å². The highest BCUT2D eigenvalue weighted by atomic mass is 16.5. The van der Waals surface area contributed by atoms with E-state index in [1.165, 1.54) is 0 Å². The standard InChI is InChI=1S/C22H37N7O11/c1-14(33)23-15(5-2-8-27(38)12-31)21(36)26-22(37)18(11-30)29(40)10-4-7-17-20(35)24-16(19(34)25-17)6-3-9-28(39)13-32/h12-13,15-18,30,38-40H,2-11H2,1H3,(H,23,33)(H,24,35)(H,25,34)(H,26,36,37)/t15-,16+,17-,18-/m0/s1. The summed E-state index contributed by atoms with van der Waals surface area (Å²) in [4.78, 5) is 81.9. The maximum atomic E-state index is 12.5. The first-order valence-electron chi connectivity index (χ1n) is 12.5. The van der Waals surface area contributed by atoms with Gasteiger partial charge in [-0.05, 0) is 38.5 Å². The van der Waals surface area contributed by atoms with Crippen LogP contribution in [0.1, 0.15) is 45.4 Å². The first kappa shape index (κ1) is 34.3. The van der Waals surface area contributed by atoms with Crippen LogP contribution in [0.5, 0.6) is 0 Å². The number of imide groups is 1. The third-order valence-corrected chi connectivity index (χ3v) is 5.93. The summed E-state index contributed by atoms with van der Waals surface area (Å²) in [5.41, 5.74) is 0. The van der Waals surface area contributed by atoms with E-state index < -0.39 is 60.3 Å². The van der Waals surface area contributed by atoms with Crippen molar-refractivity contribution in [3.63, 3.8) is 0 Å². The molecule has 1 aliphatic heterocycles. The van der Waals surface area contributed by atoms with E-state index >= 15 is 0 Å². The molecule has 0 aromatic rings. The fraction of sp³-hybridized carbons (Fsp3) is 0.682. The third-order valence-electron chi connectivity index (χ3n) is 5.93. The van der Waals surface area contributed by atoms with Crippen LogP contribution in [0.2, 0.25) is 0 Å². The van der Waals surface area contributed by atoms with E-state index in [2.05, 4.69) is 16.0 Å². The van der Waals surface area contributed by atoms with Crippen molar-refractivity contribution in [2.45, 2.75) is 69.6 Å². The maximum Gasteiger partial charge on any atom is 0.249 e. The van der Waals surface area contributed by atoms with Crippen LogP contribution < -0.4 is 21.3 Å². The van der Waals surface area contributed by atoms with Crippen molar-refractivity contribution in [3.8, 4) is 0 Å². The normalized spacial score (nSPS) is 18.1. The van der Waals surface area contributed by atoms with Gasteiger partial charge < -0.3 is 26.3 Å². The molecule has 1 fully saturated rings. The number of hydrogen-bond donors (Lipinski definition) is 8. The molecule has 0 bridgehead atoms. The number of carbonyl (C=O) groups is 7. The van der Waals surface area contributed by atoms with Crippen LogP contribution in [-0.2, 0) is 33.6 Å². The number of nitrogens with zero attached hydrogens (tertiary/aromatic N) is 3. The fourth-order valence-corrected chi connectivity index (χ4v) is 3.83. The average Bonchev–Trinajstić information content (AvgIpc) is 2.90. The maximum absolute atomic E-state index is 12.5. The van der Waals surface area contributed by atoms with Gasteiger partial charge in [-0.25, -0.2) is 10.1 Å². The predicted molar refractivity (Wildman–Crippen MR) is 131 cm³/mol. The summed E-state index contributed by atoms with van der Waals surface area (Å²) in [6.07, 6.45) is 1.06. The molecule has 1 saturated heterocycles. The molecule has 226 valence electrons. The molecule has 0 aromatic carbocycles. The van der Waals surface area contributed by atoms with Crippen LogP contribution in [0.25, 0.3) is 0 Å². The lowest BCUT2D eigenvalue weighted by Crippen LogP contribution is -2.61. The zero-order valence-electron chi connectivity index (χ0n) is 22.0. The van der Waals surface area contributed by atoms with Crippen LogP contribution in [0.3, 0.4) is 0 Å². The van der Waals surface area contributed by atoms with Gasteiger partial charge in [0.05, 0.1) is 6.61 Å². The second kappa shape index (κ2) is 17.8. The van der Waals surface area contributed by atoms with Crippen molar-refractivity contribution in [1.29, 1.82) is 0 Å². The molecular formula is C22H37N7O11. The second-order valence-electron chi connectivity index (χ2n) is 9.05. The van der Waals surface area contributed by atoms with Crippen LogP contribution in [0, 0.1) is 0 Å². The molecular weight excluding hydrogens is 538 g/mol. The Labute approximate surface area is 229 Å². The molecule has 8 N–H and O–H groups in total. The first-order valence-corrected chi connectivity index (χ1v) is 12.5. The number of aliphatic hydroxyl groups is 1. The Morgan fingerprint density at radius 3 is 1.85 bits per heavy atom. The smallest absolute Gasteiger partial charge is 0.249 e. The number of nitrogens with one attached hydrogen (secondary N) is 4. The van der Waals surface area contributed by atoms with Crippen molar-refractivity contribution in [1.82, 2.24) is 36.5 Å². The molecule has 0 spiro atoms. The molecule has 40 heavy (non-hydrogen) atoms. The van der Waals surface area contributed by atoms with Crippen LogP contribution >= 0.6 is 0 Å². The Hall–Kier alpha value is -3.71. The van der Waals surface area contributed by atoms with E-state index in [0.717, 1.165) is 6.92 Å². The van der Waals surface area contributed by atoms with E-state index in [0.29, 0.717) is 15.2 Å². The quantitative estimate of drug-likeness (QED) is 0.0419. The molecule has 0 aliphatic carbocycles. The van der Waals surface area contributed by atoms with Crippen molar-refractivity contribution >= 4 is 42.4 Å². The molecule has 0 radical (unpaired) electrons. The summed E-state index contributed by atoms with van der Waals surface area (Å²) in [6.45, 7) is -0.0962. The molecule has 0 unspecified atom stereocenters. The Kier molecular flexibility index (Phi) is 15.3. The lowest BCUT2D eigenvalue weighted by molar-refractivity contribution is -0.162. The topological polar surface area (TPSA) is 258 Å². The highest BCUT2D eigenvalue weighted by Gasteiger charge is 2.34. The van der Waals surface area contributed by atoms with Gasteiger partial charge in [0.1, 0.15) is 24.2 Å². The summed E-state index contributed by atoms with van der Waals surface area (Å²) in [6, 6.07) is -4.52. The van der Waals surface area contributed by atoms with Crippen LogP contribution in [0.4, 0.5) is 0 Å². The lowest BCUT2D eigenvalue weighted by Gasteiger charge is -2.30. The van der Waals surface area contributed by atoms with Gasteiger partial charge in [0.2, 0.25) is 42.4 Å². The number of hydroxylamine groups is 6. The molecule has 4 atom stereocenters. The Morgan fingerprint density at radius 1 is 0.875 bits per heavy atom. The molecule has 0 aromatic heterocycles. The van der Waals surface area contributed by atoms with Crippen molar-refractivity contribution in [2.24, 2.45) is 0 Å². The number of piperazine rings is 1. The van der Waals surface area contributed by atoms with Crippen LogP contribution in [-0.4, -0.2) is 129 Å². The number of amides is 7. The third kappa shape index (κ3) is 12.0. The monoisotopic (exact) mass is 575 g/mol. The average molecular weight is 576 g/mol. The summed E-state index contributed by atoms with van der Waals surface area (Å²) < 4.78 is 0. The summed E-state index contributed by atoms with van der Waals surface area (Å²) in [5.74, 6) is -3.51. The highest BCUT2D eigenvalue weighted by molar-refractivity contribution is 6.01. The van der Waals surface area contributed by atoms with E-state index in [9.17, 15) is 43.9 Å². The minimum absolute atomic E-state index is 0.0120. The van der Waals surface area contributed by atoms with Gasteiger partial charge in [-0.15, -0.1) is 0 Å². The highest BCUT2D eigenvalue weighted by Crippen LogP contribution is 2.10. The number of aliphatic hydroxyl groups excluding tert-OH is 1. The second-order valence-corrected chi connectivity index (χ2v) is 9.05. The van der Waals surface area contributed by atoms with E-state index in [1.807, 2.05) is 5.32 Å². The number of rotatable bonds is 19. The van der Waals surface area contributed by atoms with Gasteiger partial charge in [-0.1, -0.05) is 0 Å². The predicted octanol–water partition coefficient (Wildman–Crippen LogP) is -3.79. The van der Waals surface area contributed by atoms with Crippen molar-refractivity contribution in [2.75, 3.05) is 26.2 Å². The molecule has 18 nitrogen and oxygen atoms in total. The Morgan fingerprint density at radius 2 is 1.38 bits per heavy atom. The van der Waals surface area contributed by atoms with Gasteiger partial charge in [-0.3, -0.25) is 49.3 Å². The number of hydrogen-bond acceptors (Lipinski definition) is 12. The van der Waals surface area contributed by atoms with Gasteiger partial charge in [-0.2, -0.15) is 5.06 Å². The first-order chi connectivity index (χ1) is 18.9. The van der Waals surface area contributed by atoms with Gasteiger partial charge in [0.25, 0.3) is 0 Å². The minimum Gasteiger partial charge on any atom is -0.394 e. The molecule has 1 rings (SSSR count). The van der Waals surface area contributed by atoms with Crippen LogP contribution in [0.15, 0.2) is 0 Å². The zero-order chi connectivity index (χ0) is 30.2. The van der Waals surface area contributed by atoms with Gasteiger partial charge in [0.15, 0.2) is 0 Å². The summed E-state index contributed by atoms with van der Waals surface area (Å²) in [5, 5.41) is 48.8. The largest absolute Gasteiger partial charge is 0.394 e. The minimum atomic E-state index is -1.57. The summed E-state index contributed by atoms with van der Waals surface area (Å²) in [7, 11) is 0. The Balaban J connectivity index is 2.56. The molecule has 1 heterocycles. The van der Waals surface area contributed by atoms with Crippen molar-refractivity contribution < 1.29 is 54.3 Å².